The number of hydrogen-bond acceptors (Lipinski definition) is 4. The van der Waals surface area contributed by atoms with Gasteiger partial charge in [0.25, 0.3) is 5.91 Å². The maximum atomic E-state index is 11.9. The van der Waals surface area contributed by atoms with Crippen molar-refractivity contribution in [1.29, 1.82) is 0 Å². The van der Waals surface area contributed by atoms with Crippen LogP contribution in [-0.2, 0) is 6.54 Å². The molecule has 1 aromatic heterocycles. The van der Waals surface area contributed by atoms with Gasteiger partial charge in [-0.25, -0.2) is 0 Å². The Kier molecular flexibility index (Phi) is 3.91. The van der Waals surface area contributed by atoms with E-state index < -0.39 is 0 Å². The zero-order chi connectivity index (χ0) is 13.8. The summed E-state index contributed by atoms with van der Waals surface area (Å²) in [6.07, 6.45) is 0. The van der Waals surface area contributed by atoms with E-state index in [9.17, 15) is 4.79 Å². The highest BCUT2D eigenvalue weighted by atomic mass is 32.1. The third-order valence-corrected chi connectivity index (χ3v) is 2.75. The second kappa shape index (κ2) is 5.62. The molecule has 3 N–H and O–H groups in total. The Bertz CT molecular complexity index is 622. The second-order valence-electron chi connectivity index (χ2n) is 4.06. The van der Waals surface area contributed by atoms with Crippen molar-refractivity contribution in [3.05, 3.63) is 52.9 Å². The molecule has 6 heteroatoms. The normalized spacial score (nSPS) is 10.2. The predicted octanol–water partition coefficient (Wildman–Crippen LogP) is 1.55. The average Bonchev–Trinajstić information content (AvgIpc) is 2.82. The van der Waals surface area contributed by atoms with Crippen LogP contribution >= 0.6 is 12.2 Å². The number of benzene rings is 1. The monoisotopic (exact) mass is 275 g/mol. The SMILES string of the molecule is Cc1cc(CNC(=O)c2cccc(C(N)=S)c2)no1. The first kappa shape index (κ1) is 13.2. The van der Waals surface area contributed by atoms with Crippen molar-refractivity contribution in [2.45, 2.75) is 13.5 Å². The summed E-state index contributed by atoms with van der Waals surface area (Å²) in [5.74, 6) is 0.499. The molecule has 0 atom stereocenters. The van der Waals surface area contributed by atoms with Crippen molar-refractivity contribution in [2.24, 2.45) is 5.73 Å². The number of nitrogens with two attached hydrogens (primary N) is 1. The van der Waals surface area contributed by atoms with Crippen molar-refractivity contribution < 1.29 is 9.32 Å². The molecule has 1 amide bonds. The fraction of sp³-hybridized carbons (Fsp3) is 0.154. The van der Waals surface area contributed by atoms with Crippen LogP contribution in [0.25, 0.3) is 0 Å². The maximum Gasteiger partial charge on any atom is 0.251 e. The summed E-state index contributed by atoms with van der Waals surface area (Å²) in [7, 11) is 0. The molecule has 0 bridgehead atoms. The molecule has 0 aliphatic carbocycles. The largest absolute Gasteiger partial charge is 0.389 e. The zero-order valence-electron chi connectivity index (χ0n) is 10.3. The molecular formula is C13H13N3O2S. The maximum absolute atomic E-state index is 11.9. The van der Waals surface area contributed by atoms with E-state index in [0.717, 1.165) is 0 Å². The van der Waals surface area contributed by atoms with Gasteiger partial charge in [-0.2, -0.15) is 0 Å². The highest BCUT2D eigenvalue weighted by molar-refractivity contribution is 7.80. The molecule has 1 aromatic carbocycles. The molecule has 1 heterocycles. The molecule has 98 valence electrons. The van der Waals surface area contributed by atoms with E-state index in [1.807, 2.05) is 0 Å². The van der Waals surface area contributed by atoms with Gasteiger partial charge >= 0.3 is 0 Å². The molecule has 0 unspecified atom stereocenters. The minimum absolute atomic E-state index is 0.209. The summed E-state index contributed by atoms with van der Waals surface area (Å²) >= 11 is 4.88. The third kappa shape index (κ3) is 3.38. The molecule has 0 fully saturated rings. The number of nitrogens with one attached hydrogen (secondary N) is 1. The Morgan fingerprint density at radius 1 is 1.42 bits per heavy atom. The average molecular weight is 275 g/mol. The number of aromatic nitrogens is 1. The number of amides is 1. The van der Waals surface area contributed by atoms with Crippen LogP contribution in [-0.4, -0.2) is 16.1 Å². The minimum atomic E-state index is -0.209. The van der Waals surface area contributed by atoms with Crippen LogP contribution in [0.15, 0.2) is 34.9 Å². The quantitative estimate of drug-likeness (QED) is 0.827. The van der Waals surface area contributed by atoms with Gasteiger partial charge in [0.05, 0.1) is 6.54 Å². The molecule has 5 nitrogen and oxygen atoms in total. The number of nitrogens with zero attached hydrogens (tertiary/aromatic N) is 1. The van der Waals surface area contributed by atoms with Crippen LogP contribution in [0.4, 0.5) is 0 Å². The number of hydrogen-bond donors (Lipinski definition) is 2. The lowest BCUT2D eigenvalue weighted by Crippen LogP contribution is -2.23. The molecule has 0 spiro atoms. The van der Waals surface area contributed by atoms with Crippen molar-refractivity contribution in [3.63, 3.8) is 0 Å². The van der Waals surface area contributed by atoms with Gasteiger partial charge in [-0.05, 0) is 19.1 Å². The van der Waals surface area contributed by atoms with E-state index in [2.05, 4.69) is 10.5 Å². The van der Waals surface area contributed by atoms with Crippen LogP contribution in [0, 0.1) is 6.92 Å². The van der Waals surface area contributed by atoms with Crippen molar-refractivity contribution in [2.75, 3.05) is 0 Å². The number of aryl methyl sites for hydroxylation is 1. The summed E-state index contributed by atoms with van der Waals surface area (Å²) in [6, 6.07) is 8.63. The number of thiocarbonyl (C=S) groups is 1. The van der Waals surface area contributed by atoms with Gasteiger partial charge < -0.3 is 15.6 Å². The lowest BCUT2D eigenvalue weighted by molar-refractivity contribution is 0.0950. The van der Waals surface area contributed by atoms with E-state index >= 15 is 0 Å². The minimum Gasteiger partial charge on any atom is -0.389 e. The topological polar surface area (TPSA) is 81.2 Å². The Morgan fingerprint density at radius 2 is 2.16 bits per heavy atom. The zero-order valence-corrected chi connectivity index (χ0v) is 11.2. The summed E-state index contributed by atoms with van der Waals surface area (Å²) in [5, 5.41) is 6.55. The van der Waals surface area contributed by atoms with E-state index in [0.29, 0.717) is 29.1 Å². The standard InChI is InChI=1S/C13H13N3O2S/c1-8-5-11(16-18-8)7-15-13(17)10-4-2-3-9(6-10)12(14)19/h2-6H,7H2,1H3,(H2,14,19)(H,15,17). The van der Waals surface area contributed by atoms with Crippen LogP contribution in [0.5, 0.6) is 0 Å². The molecule has 0 radical (unpaired) electrons. The van der Waals surface area contributed by atoms with Gasteiger partial charge in [0.15, 0.2) is 0 Å². The van der Waals surface area contributed by atoms with E-state index in [4.69, 9.17) is 22.5 Å². The third-order valence-electron chi connectivity index (χ3n) is 2.52. The van der Waals surface area contributed by atoms with E-state index in [1.54, 1.807) is 37.3 Å². The fourth-order valence-electron chi connectivity index (χ4n) is 1.59. The van der Waals surface area contributed by atoms with Crippen LogP contribution in [0.3, 0.4) is 0 Å². The van der Waals surface area contributed by atoms with Gasteiger partial charge in [0.2, 0.25) is 0 Å². The van der Waals surface area contributed by atoms with Crippen LogP contribution in [0.1, 0.15) is 27.4 Å². The summed E-state index contributed by atoms with van der Waals surface area (Å²) in [5.41, 5.74) is 7.38. The smallest absolute Gasteiger partial charge is 0.251 e. The molecular weight excluding hydrogens is 262 g/mol. The molecule has 0 saturated carbocycles. The van der Waals surface area contributed by atoms with Crippen molar-refractivity contribution >= 4 is 23.1 Å². The summed E-state index contributed by atoms with van der Waals surface area (Å²) in [4.78, 5) is 12.2. The van der Waals surface area contributed by atoms with E-state index in [1.165, 1.54) is 0 Å². The van der Waals surface area contributed by atoms with Crippen molar-refractivity contribution in [1.82, 2.24) is 10.5 Å². The first-order valence-corrected chi connectivity index (χ1v) is 6.07. The van der Waals surface area contributed by atoms with Gasteiger partial charge in [-0.15, -0.1) is 0 Å². The summed E-state index contributed by atoms with van der Waals surface area (Å²) < 4.78 is 4.92. The molecule has 0 aliphatic heterocycles. The molecule has 2 rings (SSSR count). The van der Waals surface area contributed by atoms with Crippen molar-refractivity contribution in [3.8, 4) is 0 Å². The van der Waals surface area contributed by atoms with Gasteiger partial charge in [-0.3, -0.25) is 4.79 Å². The summed E-state index contributed by atoms with van der Waals surface area (Å²) in [6.45, 7) is 2.11. The lowest BCUT2D eigenvalue weighted by atomic mass is 10.1. The Labute approximate surface area is 115 Å². The molecule has 0 aliphatic rings. The van der Waals surface area contributed by atoms with Crippen LogP contribution in [0.2, 0.25) is 0 Å². The Balaban J connectivity index is 2.03. The lowest BCUT2D eigenvalue weighted by Gasteiger charge is -2.04. The second-order valence-corrected chi connectivity index (χ2v) is 4.50. The molecule has 0 saturated heterocycles. The number of carbonyl (C=O) groups excluding carboxylic acids is 1. The Morgan fingerprint density at radius 3 is 2.79 bits per heavy atom. The van der Waals surface area contributed by atoms with E-state index in [-0.39, 0.29) is 10.9 Å². The molecule has 2 aromatic rings. The molecule has 19 heavy (non-hydrogen) atoms. The highest BCUT2D eigenvalue weighted by Gasteiger charge is 2.08. The number of carbonyl (C=O) groups is 1. The van der Waals surface area contributed by atoms with Gasteiger partial charge in [0, 0.05) is 17.2 Å². The highest BCUT2D eigenvalue weighted by Crippen LogP contribution is 2.06. The first-order chi connectivity index (χ1) is 9.06. The predicted molar refractivity (Wildman–Crippen MR) is 74.7 cm³/mol. The Hall–Kier alpha value is -2.21. The fourth-order valence-corrected chi connectivity index (χ4v) is 1.71. The first-order valence-electron chi connectivity index (χ1n) is 5.66. The van der Waals surface area contributed by atoms with Gasteiger partial charge in [-0.1, -0.05) is 29.5 Å². The number of rotatable bonds is 4. The van der Waals surface area contributed by atoms with Gasteiger partial charge in [0.1, 0.15) is 16.4 Å². The van der Waals surface area contributed by atoms with Crippen LogP contribution < -0.4 is 11.1 Å².